The number of nitrogens with one attached hydrogen (secondary N) is 1. The predicted molar refractivity (Wildman–Crippen MR) is 81.4 cm³/mol. The maximum absolute atomic E-state index is 4.69. The topological polar surface area (TPSA) is 27.6 Å². The van der Waals surface area contributed by atoms with Crippen molar-refractivity contribution in [2.75, 3.05) is 25.9 Å². The van der Waals surface area contributed by atoms with Gasteiger partial charge in [0.25, 0.3) is 0 Å². The van der Waals surface area contributed by atoms with Crippen LogP contribution in [0, 0.1) is 5.92 Å². The van der Waals surface area contributed by atoms with Gasteiger partial charge in [-0.3, -0.25) is 4.99 Å². The van der Waals surface area contributed by atoms with E-state index in [1.165, 1.54) is 31.4 Å². The number of hydrogen-bond donors (Lipinski definition) is 1. The molecule has 2 fully saturated rings. The number of rotatable bonds is 5. The zero-order valence-corrected chi connectivity index (χ0v) is 12.8. The summed E-state index contributed by atoms with van der Waals surface area (Å²) < 4.78 is 0. The fraction of sp³-hybridized carbons (Fsp3) is 0.929. The van der Waals surface area contributed by atoms with Crippen LogP contribution in [0.15, 0.2) is 4.99 Å². The smallest absolute Gasteiger partial charge is 0.156 e. The third kappa shape index (κ3) is 3.89. The van der Waals surface area contributed by atoms with Crippen LogP contribution < -0.4 is 5.32 Å². The van der Waals surface area contributed by atoms with Gasteiger partial charge >= 0.3 is 0 Å². The molecule has 0 aromatic carbocycles. The van der Waals surface area contributed by atoms with Gasteiger partial charge in [0.1, 0.15) is 0 Å². The SMILES string of the molecule is CC(C)[C@H]1CSC(=NCCN(C)C2CCCC2)N1. The average molecular weight is 269 g/mol. The molecular formula is C14H27N3S. The molecule has 0 spiro atoms. The van der Waals surface area contributed by atoms with E-state index in [0.717, 1.165) is 24.3 Å². The average Bonchev–Trinajstić information content (AvgIpc) is 3.00. The van der Waals surface area contributed by atoms with E-state index in [-0.39, 0.29) is 0 Å². The highest BCUT2D eigenvalue weighted by Crippen LogP contribution is 2.22. The highest BCUT2D eigenvalue weighted by Gasteiger charge is 2.23. The van der Waals surface area contributed by atoms with Gasteiger partial charge in [-0.2, -0.15) is 0 Å². The van der Waals surface area contributed by atoms with E-state index in [1.54, 1.807) is 0 Å². The zero-order chi connectivity index (χ0) is 13.0. The van der Waals surface area contributed by atoms with Gasteiger partial charge < -0.3 is 10.2 Å². The number of aliphatic imine (C=N–C) groups is 1. The standard InChI is InChI=1S/C14H27N3S/c1-11(2)13-10-18-14(16-13)15-8-9-17(3)12-6-4-5-7-12/h11-13H,4-10H2,1-3H3,(H,15,16)/t13-/m1/s1. The Labute approximate surface area is 116 Å². The molecule has 1 aliphatic heterocycles. The van der Waals surface area contributed by atoms with Crippen molar-refractivity contribution < 1.29 is 0 Å². The Morgan fingerprint density at radius 2 is 2.11 bits per heavy atom. The molecule has 2 rings (SSSR count). The molecule has 1 saturated heterocycles. The molecule has 4 heteroatoms. The van der Waals surface area contributed by atoms with Crippen molar-refractivity contribution in [1.82, 2.24) is 10.2 Å². The van der Waals surface area contributed by atoms with Gasteiger partial charge in [0.2, 0.25) is 0 Å². The van der Waals surface area contributed by atoms with Gasteiger partial charge in [-0.1, -0.05) is 38.5 Å². The van der Waals surface area contributed by atoms with Gasteiger partial charge in [0.05, 0.1) is 6.54 Å². The summed E-state index contributed by atoms with van der Waals surface area (Å²) in [6, 6.07) is 1.43. The molecule has 18 heavy (non-hydrogen) atoms. The van der Waals surface area contributed by atoms with Crippen LogP contribution in [-0.2, 0) is 0 Å². The highest BCUT2D eigenvalue weighted by molar-refractivity contribution is 8.14. The van der Waals surface area contributed by atoms with Crippen molar-refractivity contribution in [3.8, 4) is 0 Å². The summed E-state index contributed by atoms with van der Waals surface area (Å²) in [5.74, 6) is 1.88. The molecule has 0 aromatic heterocycles. The van der Waals surface area contributed by atoms with Crippen molar-refractivity contribution in [3.05, 3.63) is 0 Å². The largest absolute Gasteiger partial charge is 0.361 e. The molecule has 1 saturated carbocycles. The van der Waals surface area contributed by atoms with Crippen LogP contribution in [0.3, 0.4) is 0 Å². The summed E-state index contributed by atoms with van der Waals surface area (Å²) >= 11 is 1.88. The fourth-order valence-electron chi connectivity index (χ4n) is 2.70. The summed E-state index contributed by atoms with van der Waals surface area (Å²) in [6.45, 7) is 6.58. The molecular weight excluding hydrogens is 242 g/mol. The lowest BCUT2D eigenvalue weighted by Gasteiger charge is -2.22. The van der Waals surface area contributed by atoms with Crippen molar-refractivity contribution in [3.63, 3.8) is 0 Å². The Kier molecular flexibility index (Phi) is 5.37. The lowest BCUT2D eigenvalue weighted by atomic mass is 10.1. The Hall–Kier alpha value is -0.220. The fourth-order valence-corrected chi connectivity index (χ4v) is 3.92. The summed E-state index contributed by atoms with van der Waals surface area (Å²) in [6.07, 6.45) is 5.60. The Morgan fingerprint density at radius 1 is 1.39 bits per heavy atom. The first-order valence-corrected chi connectivity index (χ1v) is 8.29. The van der Waals surface area contributed by atoms with Crippen LogP contribution in [0.2, 0.25) is 0 Å². The number of nitrogens with zero attached hydrogens (tertiary/aromatic N) is 2. The van der Waals surface area contributed by atoms with Crippen molar-refractivity contribution in [2.45, 2.75) is 51.6 Å². The van der Waals surface area contributed by atoms with E-state index in [2.05, 4.69) is 31.1 Å². The van der Waals surface area contributed by atoms with Gasteiger partial charge in [0, 0.05) is 24.4 Å². The first-order chi connectivity index (χ1) is 8.66. The molecule has 1 N–H and O–H groups in total. The summed E-state index contributed by atoms with van der Waals surface area (Å²) in [4.78, 5) is 7.19. The molecule has 0 unspecified atom stereocenters. The molecule has 3 nitrogen and oxygen atoms in total. The van der Waals surface area contributed by atoms with Gasteiger partial charge in [-0.05, 0) is 25.8 Å². The molecule has 1 aliphatic carbocycles. The van der Waals surface area contributed by atoms with Crippen molar-refractivity contribution in [2.24, 2.45) is 10.9 Å². The molecule has 0 aromatic rings. The van der Waals surface area contributed by atoms with Crippen LogP contribution >= 0.6 is 11.8 Å². The number of amidine groups is 1. The Bertz CT molecular complexity index is 285. The Balaban J connectivity index is 1.68. The van der Waals surface area contributed by atoms with E-state index < -0.39 is 0 Å². The minimum absolute atomic E-state index is 0.612. The normalized spacial score (nSPS) is 27.6. The molecule has 2 aliphatic rings. The van der Waals surface area contributed by atoms with Crippen LogP contribution in [0.1, 0.15) is 39.5 Å². The second-order valence-electron chi connectivity index (χ2n) is 5.91. The second kappa shape index (κ2) is 6.80. The number of thioether (sulfide) groups is 1. The minimum atomic E-state index is 0.612. The third-order valence-corrected chi connectivity index (χ3v) is 5.22. The Morgan fingerprint density at radius 3 is 2.72 bits per heavy atom. The van der Waals surface area contributed by atoms with Gasteiger partial charge in [-0.25, -0.2) is 0 Å². The van der Waals surface area contributed by atoms with Crippen molar-refractivity contribution >= 4 is 16.9 Å². The number of hydrogen-bond acceptors (Lipinski definition) is 3. The van der Waals surface area contributed by atoms with Crippen molar-refractivity contribution in [1.29, 1.82) is 0 Å². The zero-order valence-electron chi connectivity index (χ0n) is 12.0. The monoisotopic (exact) mass is 269 g/mol. The van der Waals surface area contributed by atoms with Gasteiger partial charge in [0.15, 0.2) is 5.17 Å². The maximum Gasteiger partial charge on any atom is 0.156 e. The highest BCUT2D eigenvalue weighted by atomic mass is 32.2. The third-order valence-electron chi connectivity index (χ3n) is 4.17. The minimum Gasteiger partial charge on any atom is -0.361 e. The van der Waals surface area contributed by atoms with E-state index in [9.17, 15) is 0 Å². The van der Waals surface area contributed by atoms with Gasteiger partial charge in [-0.15, -0.1) is 0 Å². The van der Waals surface area contributed by atoms with E-state index in [1.807, 2.05) is 11.8 Å². The summed E-state index contributed by atoms with van der Waals surface area (Å²) in [5.41, 5.74) is 0. The molecule has 1 heterocycles. The second-order valence-corrected chi connectivity index (χ2v) is 6.92. The maximum atomic E-state index is 4.69. The molecule has 0 amide bonds. The first kappa shape index (κ1) is 14.2. The first-order valence-electron chi connectivity index (χ1n) is 7.31. The van der Waals surface area contributed by atoms with E-state index in [0.29, 0.717) is 12.0 Å². The van der Waals surface area contributed by atoms with Crippen LogP contribution in [-0.4, -0.2) is 48.0 Å². The van der Waals surface area contributed by atoms with Crippen LogP contribution in [0.25, 0.3) is 0 Å². The predicted octanol–water partition coefficient (Wildman–Crippen LogP) is 2.58. The lowest BCUT2D eigenvalue weighted by molar-refractivity contribution is 0.252. The van der Waals surface area contributed by atoms with E-state index >= 15 is 0 Å². The molecule has 104 valence electrons. The lowest BCUT2D eigenvalue weighted by Crippen LogP contribution is -2.33. The van der Waals surface area contributed by atoms with E-state index in [4.69, 9.17) is 4.99 Å². The van der Waals surface area contributed by atoms with Crippen LogP contribution in [0.5, 0.6) is 0 Å². The molecule has 0 radical (unpaired) electrons. The summed E-state index contributed by atoms with van der Waals surface area (Å²) in [7, 11) is 2.25. The quantitative estimate of drug-likeness (QED) is 0.831. The molecule has 0 bridgehead atoms. The molecule has 1 atom stereocenters. The van der Waals surface area contributed by atoms with Crippen LogP contribution in [0.4, 0.5) is 0 Å². The summed E-state index contributed by atoms with van der Waals surface area (Å²) in [5, 5.41) is 4.69. The number of likely N-dealkylation sites (N-methyl/N-ethyl adjacent to an activating group) is 1.